The minimum Gasteiger partial charge on any atom is -0.384 e. The fourth-order valence-corrected chi connectivity index (χ4v) is 5.54. The maximum atomic E-state index is 14.7. The fraction of sp³-hybridized carbons (Fsp3) is 0.370. The van der Waals surface area contributed by atoms with Crippen LogP contribution in [0.4, 0.5) is 16.0 Å². The summed E-state index contributed by atoms with van der Waals surface area (Å²) in [6.45, 7) is 5.40. The second-order valence-electron chi connectivity index (χ2n) is 10.3. The van der Waals surface area contributed by atoms with E-state index in [-0.39, 0.29) is 0 Å². The molecule has 8 heteroatoms. The summed E-state index contributed by atoms with van der Waals surface area (Å²) in [7, 11) is 2.18. The Morgan fingerprint density at radius 3 is 2.83 bits per heavy atom. The van der Waals surface area contributed by atoms with Crippen LogP contribution in [0.5, 0.6) is 0 Å². The number of halogens is 1. The molecule has 0 saturated heterocycles. The van der Waals surface area contributed by atoms with Gasteiger partial charge in [0, 0.05) is 31.2 Å². The highest BCUT2D eigenvalue weighted by molar-refractivity contribution is 5.79. The van der Waals surface area contributed by atoms with Crippen molar-refractivity contribution in [2.75, 3.05) is 18.9 Å². The molecule has 1 aliphatic carbocycles. The first-order chi connectivity index (χ1) is 16.8. The Balaban J connectivity index is 1.39. The van der Waals surface area contributed by atoms with Gasteiger partial charge in [0.05, 0.1) is 11.1 Å². The molecule has 1 atom stereocenters. The monoisotopic (exact) mass is 472 g/mol. The van der Waals surface area contributed by atoms with Crippen molar-refractivity contribution in [3.63, 3.8) is 0 Å². The van der Waals surface area contributed by atoms with Gasteiger partial charge in [0.2, 0.25) is 5.95 Å². The van der Waals surface area contributed by atoms with Gasteiger partial charge in [-0.3, -0.25) is 4.57 Å². The zero-order valence-corrected chi connectivity index (χ0v) is 20.2. The Hall–Kier alpha value is -3.36. The average Bonchev–Trinajstić information content (AvgIpc) is 3.14. The summed E-state index contributed by atoms with van der Waals surface area (Å²) in [6.07, 6.45) is 6.42. The third kappa shape index (κ3) is 3.96. The number of nitrogens with one attached hydrogen (secondary N) is 1. The largest absolute Gasteiger partial charge is 0.384 e. The average molecular weight is 473 g/mol. The van der Waals surface area contributed by atoms with Gasteiger partial charge < -0.3 is 15.3 Å². The first-order valence-corrected chi connectivity index (χ1v) is 12.1. The second kappa shape index (κ2) is 8.10. The molecule has 7 nitrogen and oxygen atoms in total. The number of aromatic nitrogens is 4. The number of likely N-dealkylation sites (N-methyl/N-ethyl adjacent to an activating group) is 1. The van der Waals surface area contributed by atoms with Gasteiger partial charge in [0.25, 0.3) is 0 Å². The van der Waals surface area contributed by atoms with Gasteiger partial charge in [-0.2, -0.15) is 4.98 Å². The van der Waals surface area contributed by atoms with Crippen LogP contribution in [0.15, 0.2) is 42.7 Å². The number of rotatable bonds is 4. The lowest BCUT2D eigenvalue weighted by atomic mass is 9.77. The van der Waals surface area contributed by atoms with E-state index in [2.05, 4.69) is 44.3 Å². The zero-order valence-electron chi connectivity index (χ0n) is 20.2. The van der Waals surface area contributed by atoms with Gasteiger partial charge in [0.15, 0.2) is 11.5 Å². The predicted octanol–water partition coefficient (Wildman–Crippen LogP) is 4.79. The maximum absolute atomic E-state index is 14.7. The number of benzene rings is 1. The Labute approximate surface area is 203 Å². The van der Waals surface area contributed by atoms with Crippen LogP contribution < -0.4 is 5.32 Å². The molecule has 6 rings (SSSR count). The van der Waals surface area contributed by atoms with Crippen molar-refractivity contribution in [1.29, 1.82) is 0 Å². The SMILES string of the molecule is CN1Cc2cc(Nc3ncc4c(F)cn(-c5cccc(C(C)(C)O)n5)c4n3)cc3c2C(CCC3)C1. The quantitative estimate of drug-likeness (QED) is 0.445. The molecular formula is C27H29FN6O. The number of anilines is 2. The van der Waals surface area contributed by atoms with Crippen LogP contribution in [0.1, 0.15) is 55.0 Å². The van der Waals surface area contributed by atoms with Gasteiger partial charge in [0.1, 0.15) is 11.4 Å². The van der Waals surface area contributed by atoms with E-state index >= 15 is 0 Å². The normalized spacial score (nSPS) is 18.0. The summed E-state index contributed by atoms with van der Waals surface area (Å²) >= 11 is 0. The first-order valence-electron chi connectivity index (χ1n) is 12.1. The summed E-state index contributed by atoms with van der Waals surface area (Å²) < 4.78 is 16.3. The fourth-order valence-electron chi connectivity index (χ4n) is 5.54. The topological polar surface area (TPSA) is 79.1 Å². The van der Waals surface area contributed by atoms with Gasteiger partial charge in [-0.15, -0.1) is 0 Å². The molecule has 180 valence electrons. The van der Waals surface area contributed by atoms with Crippen molar-refractivity contribution in [3.8, 4) is 5.82 Å². The summed E-state index contributed by atoms with van der Waals surface area (Å²) in [5, 5.41) is 14.0. The van der Waals surface area contributed by atoms with Crippen molar-refractivity contribution >= 4 is 22.7 Å². The highest BCUT2D eigenvalue weighted by Crippen LogP contribution is 2.40. The van der Waals surface area contributed by atoms with Crippen LogP contribution in [0.2, 0.25) is 0 Å². The molecule has 1 aliphatic heterocycles. The molecule has 4 aromatic rings. The Morgan fingerprint density at radius 2 is 2.00 bits per heavy atom. The minimum absolute atomic E-state index is 0.316. The van der Waals surface area contributed by atoms with E-state index in [1.165, 1.54) is 41.9 Å². The lowest BCUT2D eigenvalue weighted by Crippen LogP contribution is -2.33. The third-order valence-electron chi connectivity index (χ3n) is 7.09. The zero-order chi connectivity index (χ0) is 24.3. The van der Waals surface area contributed by atoms with E-state index in [0.29, 0.717) is 34.4 Å². The molecule has 3 aromatic heterocycles. The highest BCUT2D eigenvalue weighted by atomic mass is 19.1. The molecule has 0 bridgehead atoms. The van der Waals surface area contributed by atoms with E-state index < -0.39 is 11.4 Å². The van der Waals surface area contributed by atoms with Crippen LogP contribution in [0.25, 0.3) is 16.9 Å². The number of fused-ring (bicyclic) bond motifs is 1. The molecule has 35 heavy (non-hydrogen) atoms. The first kappa shape index (κ1) is 22.1. The molecular weight excluding hydrogens is 443 g/mol. The smallest absolute Gasteiger partial charge is 0.229 e. The summed E-state index contributed by atoms with van der Waals surface area (Å²) in [4.78, 5) is 16.0. The van der Waals surface area contributed by atoms with Gasteiger partial charge >= 0.3 is 0 Å². The van der Waals surface area contributed by atoms with Crippen LogP contribution >= 0.6 is 0 Å². The number of aliphatic hydroxyl groups is 1. The second-order valence-corrected chi connectivity index (χ2v) is 10.3. The van der Waals surface area contributed by atoms with E-state index in [1.54, 1.807) is 36.6 Å². The molecule has 0 spiro atoms. The third-order valence-corrected chi connectivity index (χ3v) is 7.09. The van der Waals surface area contributed by atoms with Crippen molar-refractivity contribution in [1.82, 2.24) is 24.4 Å². The van der Waals surface area contributed by atoms with Gasteiger partial charge in [-0.25, -0.2) is 14.4 Å². The molecule has 0 saturated carbocycles. The molecule has 1 aromatic carbocycles. The van der Waals surface area contributed by atoms with E-state index in [4.69, 9.17) is 0 Å². The molecule has 4 heterocycles. The lowest BCUT2D eigenvalue weighted by Gasteiger charge is -2.37. The van der Waals surface area contributed by atoms with Crippen molar-refractivity contribution in [2.24, 2.45) is 0 Å². The standard InChI is InChI=1S/C27H29FN6O/c1-27(2,35)22-8-5-9-23(31-22)34-15-21(28)20-12-29-26(32-25(20)34)30-19-10-16-6-4-7-17-13-33(3)14-18(11-19)24(16)17/h5,8-12,15,17,35H,4,6-7,13-14H2,1-3H3,(H,29,30,32). The molecule has 1 unspecified atom stereocenters. The highest BCUT2D eigenvalue weighted by Gasteiger charge is 2.29. The summed E-state index contributed by atoms with van der Waals surface area (Å²) in [5.74, 6) is 1.08. The van der Waals surface area contributed by atoms with E-state index in [0.717, 1.165) is 25.2 Å². The Bertz CT molecular complexity index is 1440. The van der Waals surface area contributed by atoms with Crippen LogP contribution in [0.3, 0.4) is 0 Å². The molecule has 0 amide bonds. The van der Waals surface area contributed by atoms with Crippen molar-refractivity contribution < 1.29 is 9.50 Å². The number of hydrogen-bond donors (Lipinski definition) is 2. The van der Waals surface area contributed by atoms with Crippen molar-refractivity contribution in [3.05, 3.63) is 70.9 Å². The molecule has 0 radical (unpaired) electrons. The Morgan fingerprint density at radius 1 is 1.17 bits per heavy atom. The van der Waals surface area contributed by atoms with Gasteiger partial charge in [-0.05, 0) is 87.0 Å². The summed E-state index contributed by atoms with van der Waals surface area (Å²) in [5.41, 5.74) is 5.07. The van der Waals surface area contributed by atoms with Crippen molar-refractivity contribution in [2.45, 2.75) is 51.2 Å². The number of aryl methyl sites for hydroxylation is 1. The molecule has 0 fully saturated rings. The number of nitrogens with zero attached hydrogens (tertiary/aromatic N) is 5. The number of hydrogen-bond acceptors (Lipinski definition) is 6. The van der Waals surface area contributed by atoms with E-state index in [9.17, 15) is 9.50 Å². The van der Waals surface area contributed by atoms with Crippen LogP contribution in [-0.2, 0) is 18.6 Å². The number of pyridine rings is 1. The lowest BCUT2D eigenvalue weighted by molar-refractivity contribution is 0.0738. The van der Waals surface area contributed by atoms with E-state index in [1.807, 2.05) is 0 Å². The predicted molar refractivity (Wildman–Crippen MR) is 134 cm³/mol. The maximum Gasteiger partial charge on any atom is 0.229 e. The molecule has 2 aliphatic rings. The molecule has 2 N–H and O–H groups in total. The van der Waals surface area contributed by atoms with Crippen LogP contribution in [-0.4, -0.2) is 43.1 Å². The van der Waals surface area contributed by atoms with Crippen LogP contribution in [0, 0.1) is 5.82 Å². The Kier molecular flexibility index (Phi) is 5.12. The summed E-state index contributed by atoms with van der Waals surface area (Å²) in [6, 6.07) is 9.73. The minimum atomic E-state index is -1.11. The van der Waals surface area contributed by atoms with Gasteiger partial charge in [-0.1, -0.05) is 6.07 Å².